The molecule has 5 heteroatoms. The van der Waals surface area contributed by atoms with E-state index in [2.05, 4.69) is 109 Å². The van der Waals surface area contributed by atoms with Crippen molar-refractivity contribution in [3.05, 3.63) is 113 Å². The van der Waals surface area contributed by atoms with Crippen LogP contribution in [0.3, 0.4) is 0 Å². The van der Waals surface area contributed by atoms with Crippen molar-refractivity contribution in [2.75, 3.05) is 4.90 Å². The topological polar surface area (TPSA) is 33.1 Å². The van der Waals surface area contributed by atoms with Gasteiger partial charge in [-0.05, 0) is 85.6 Å². The summed E-state index contributed by atoms with van der Waals surface area (Å²) < 4.78 is 2.33. The predicted octanol–water partition coefficient (Wildman–Crippen LogP) is 6.79. The number of para-hydroxylation sites is 1. The largest absolute Gasteiger partial charge is 0.351 e. The van der Waals surface area contributed by atoms with Gasteiger partial charge in [0.15, 0.2) is 5.11 Å². The molecule has 0 spiro atoms. The zero-order valence-electron chi connectivity index (χ0n) is 20.1. The molecule has 4 nitrogen and oxygen atoms in total. The SMILES string of the molecule is Cc1cc([C@H]2[C@H](c3ccccn3)NC(=S)N2c2ccc(C(C)C)cc2)c(C)n1-c1ccccc1. The molecule has 0 radical (unpaired) electrons. The number of thiocarbonyl (C=S) groups is 1. The van der Waals surface area contributed by atoms with Gasteiger partial charge in [0.2, 0.25) is 0 Å². The lowest BCUT2D eigenvalue weighted by molar-refractivity contribution is 0.565. The first-order valence-electron chi connectivity index (χ1n) is 11.8. The molecule has 1 fully saturated rings. The maximum absolute atomic E-state index is 5.92. The second-order valence-corrected chi connectivity index (χ2v) is 9.63. The molecule has 4 aromatic rings. The van der Waals surface area contributed by atoms with Crippen molar-refractivity contribution in [2.24, 2.45) is 0 Å². The Balaban J connectivity index is 1.65. The number of hydrogen-bond acceptors (Lipinski definition) is 2. The summed E-state index contributed by atoms with van der Waals surface area (Å²) in [6, 6.07) is 27.6. The molecule has 34 heavy (non-hydrogen) atoms. The first-order valence-corrected chi connectivity index (χ1v) is 12.2. The lowest BCUT2D eigenvalue weighted by Crippen LogP contribution is -2.29. The molecule has 2 atom stereocenters. The molecule has 2 aromatic carbocycles. The first-order chi connectivity index (χ1) is 16.5. The predicted molar refractivity (Wildman–Crippen MR) is 144 cm³/mol. The molecule has 1 aliphatic rings. The van der Waals surface area contributed by atoms with E-state index in [0.29, 0.717) is 5.92 Å². The van der Waals surface area contributed by atoms with Crippen molar-refractivity contribution >= 4 is 23.0 Å². The summed E-state index contributed by atoms with van der Waals surface area (Å²) in [6.07, 6.45) is 1.85. The van der Waals surface area contributed by atoms with Gasteiger partial charge in [-0.3, -0.25) is 4.98 Å². The quantitative estimate of drug-likeness (QED) is 0.328. The van der Waals surface area contributed by atoms with Crippen molar-refractivity contribution in [2.45, 2.75) is 45.7 Å². The van der Waals surface area contributed by atoms with E-state index < -0.39 is 0 Å². The number of nitrogens with zero attached hydrogens (tertiary/aromatic N) is 3. The molecule has 0 aliphatic carbocycles. The number of rotatable bonds is 5. The van der Waals surface area contributed by atoms with Crippen LogP contribution in [0.5, 0.6) is 0 Å². The molecule has 1 saturated heterocycles. The molecule has 0 unspecified atom stereocenters. The molecule has 172 valence electrons. The van der Waals surface area contributed by atoms with Crippen molar-refractivity contribution in [1.82, 2.24) is 14.9 Å². The lowest BCUT2D eigenvalue weighted by atomic mass is 9.96. The van der Waals surface area contributed by atoms with Crippen LogP contribution in [0.4, 0.5) is 5.69 Å². The molecule has 2 aromatic heterocycles. The van der Waals surface area contributed by atoms with Crippen LogP contribution in [0.1, 0.15) is 60.1 Å². The Hall–Kier alpha value is -3.44. The van der Waals surface area contributed by atoms with Crippen LogP contribution < -0.4 is 10.2 Å². The minimum Gasteiger partial charge on any atom is -0.351 e. The van der Waals surface area contributed by atoms with E-state index in [1.165, 1.54) is 28.2 Å². The van der Waals surface area contributed by atoms with Gasteiger partial charge in [0.1, 0.15) is 0 Å². The van der Waals surface area contributed by atoms with Gasteiger partial charge < -0.3 is 14.8 Å². The fourth-order valence-electron chi connectivity index (χ4n) is 5.03. The maximum Gasteiger partial charge on any atom is 0.174 e. The highest BCUT2D eigenvalue weighted by Crippen LogP contribution is 2.43. The van der Waals surface area contributed by atoms with Gasteiger partial charge in [-0.25, -0.2) is 0 Å². The van der Waals surface area contributed by atoms with E-state index in [-0.39, 0.29) is 12.1 Å². The Kier molecular flexibility index (Phi) is 5.96. The van der Waals surface area contributed by atoms with Crippen LogP contribution in [0.15, 0.2) is 85.1 Å². The molecule has 5 rings (SSSR count). The summed E-state index contributed by atoms with van der Waals surface area (Å²) in [7, 11) is 0. The monoisotopic (exact) mass is 466 g/mol. The fourth-order valence-corrected chi connectivity index (χ4v) is 5.38. The minimum atomic E-state index is -0.0526. The fraction of sp³-hybridized carbons (Fsp3) is 0.241. The first kappa shape index (κ1) is 22.4. The van der Waals surface area contributed by atoms with E-state index in [1.807, 2.05) is 18.3 Å². The van der Waals surface area contributed by atoms with Gasteiger partial charge in [0, 0.05) is 29.0 Å². The average molecular weight is 467 g/mol. The molecular weight excluding hydrogens is 436 g/mol. The van der Waals surface area contributed by atoms with Crippen LogP contribution in [0.25, 0.3) is 5.69 Å². The minimum absolute atomic E-state index is 0.0176. The third-order valence-corrected chi connectivity index (χ3v) is 7.05. The number of nitrogens with one attached hydrogen (secondary N) is 1. The average Bonchev–Trinajstić information content (AvgIpc) is 3.35. The van der Waals surface area contributed by atoms with Crippen LogP contribution in [-0.2, 0) is 0 Å². The van der Waals surface area contributed by atoms with Crippen LogP contribution >= 0.6 is 12.2 Å². The van der Waals surface area contributed by atoms with Gasteiger partial charge >= 0.3 is 0 Å². The number of anilines is 1. The Morgan fingerprint density at radius 2 is 1.59 bits per heavy atom. The van der Waals surface area contributed by atoms with E-state index in [1.54, 1.807) is 0 Å². The third kappa shape index (κ3) is 3.90. The standard InChI is InChI=1S/C29H30N4S/c1-19(2)22-13-15-24(16-14-22)33-28(27(31-29(33)34)26-12-8-9-17-30-26)25-18-20(3)32(21(25)4)23-10-6-5-7-11-23/h5-19,27-28H,1-4H3,(H,31,34)/t27-,28-/m0/s1. The smallest absolute Gasteiger partial charge is 0.174 e. The summed E-state index contributed by atoms with van der Waals surface area (Å²) in [5.41, 5.74) is 8.23. The highest BCUT2D eigenvalue weighted by molar-refractivity contribution is 7.80. The number of benzene rings is 2. The highest BCUT2D eigenvalue weighted by Gasteiger charge is 2.42. The van der Waals surface area contributed by atoms with E-state index >= 15 is 0 Å². The van der Waals surface area contributed by atoms with Crippen molar-refractivity contribution in [3.8, 4) is 5.69 Å². The molecule has 1 aliphatic heterocycles. The van der Waals surface area contributed by atoms with Gasteiger partial charge in [-0.1, -0.05) is 50.2 Å². The second kappa shape index (κ2) is 9.07. The second-order valence-electron chi connectivity index (χ2n) is 9.24. The highest BCUT2D eigenvalue weighted by atomic mass is 32.1. The Labute approximate surface area is 207 Å². The Bertz CT molecular complexity index is 1290. The van der Waals surface area contributed by atoms with E-state index in [9.17, 15) is 0 Å². The van der Waals surface area contributed by atoms with Crippen LogP contribution in [-0.4, -0.2) is 14.7 Å². The van der Waals surface area contributed by atoms with Gasteiger partial charge in [-0.15, -0.1) is 0 Å². The van der Waals surface area contributed by atoms with Gasteiger partial charge in [-0.2, -0.15) is 0 Å². The molecule has 0 saturated carbocycles. The van der Waals surface area contributed by atoms with Crippen molar-refractivity contribution in [1.29, 1.82) is 0 Å². The summed E-state index contributed by atoms with van der Waals surface area (Å²) in [5.74, 6) is 0.486. The summed E-state index contributed by atoms with van der Waals surface area (Å²) in [4.78, 5) is 6.96. The summed E-state index contributed by atoms with van der Waals surface area (Å²) in [6.45, 7) is 8.80. The Morgan fingerprint density at radius 3 is 2.24 bits per heavy atom. The number of aromatic nitrogens is 2. The normalized spacial score (nSPS) is 17.9. The lowest BCUT2D eigenvalue weighted by Gasteiger charge is -2.28. The number of hydrogen-bond donors (Lipinski definition) is 1. The number of aryl methyl sites for hydroxylation is 1. The van der Waals surface area contributed by atoms with E-state index in [4.69, 9.17) is 17.2 Å². The van der Waals surface area contributed by atoms with Crippen molar-refractivity contribution in [3.63, 3.8) is 0 Å². The van der Waals surface area contributed by atoms with Crippen LogP contribution in [0.2, 0.25) is 0 Å². The number of pyridine rings is 1. The zero-order chi connectivity index (χ0) is 23.8. The molecular formula is C29H30N4S. The molecule has 0 bridgehead atoms. The van der Waals surface area contributed by atoms with E-state index in [0.717, 1.165) is 16.5 Å². The maximum atomic E-state index is 5.92. The van der Waals surface area contributed by atoms with Crippen molar-refractivity contribution < 1.29 is 0 Å². The third-order valence-electron chi connectivity index (χ3n) is 6.74. The molecule has 1 N–H and O–H groups in total. The van der Waals surface area contributed by atoms with Crippen LogP contribution in [0, 0.1) is 13.8 Å². The zero-order valence-corrected chi connectivity index (χ0v) is 20.9. The Morgan fingerprint density at radius 1 is 0.882 bits per heavy atom. The van der Waals surface area contributed by atoms with Gasteiger partial charge in [0.25, 0.3) is 0 Å². The molecule has 3 heterocycles. The summed E-state index contributed by atoms with van der Waals surface area (Å²) >= 11 is 5.92. The van der Waals surface area contributed by atoms with Gasteiger partial charge in [0.05, 0.1) is 17.8 Å². The summed E-state index contributed by atoms with van der Waals surface area (Å²) in [5, 5.41) is 4.31. The molecule has 0 amide bonds.